The lowest BCUT2D eigenvalue weighted by molar-refractivity contribution is 0.230. The van der Waals surface area contributed by atoms with Crippen molar-refractivity contribution >= 4 is 12.3 Å². The molecule has 21 heavy (non-hydrogen) atoms. The lowest BCUT2D eigenvalue weighted by Gasteiger charge is -2.26. The summed E-state index contributed by atoms with van der Waals surface area (Å²) < 4.78 is 24.7. The Morgan fingerprint density at radius 3 is 2.05 bits per heavy atom. The predicted molar refractivity (Wildman–Crippen MR) is 86.5 cm³/mol. The van der Waals surface area contributed by atoms with Crippen LogP contribution in [0.25, 0.3) is 0 Å². The second kappa shape index (κ2) is 9.02. The van der Waals surface area contributed by atoms with Gasteiger partial charge in [0.05, 0.1) is 14.2 Å². The zero-order valence-electron chi connectivity index (χ0n) is 13.4. The molecule has 0 saturated heterocycles. The van der Waals surface area contributed by atoms with Crippen LogP contribution in [0.1, 0.15) is 26.3 Å². The van der Waals surface area contributed by atoms with Crippen molar-refractivity contribution in [1.29, 1.82) is 0 Å². The Kier molecular flexibility index (Phi) is 7.71. The molecule has 1 aromatic carbocycles. The number of hydrogen-bond acceptors (Lipinski definition) is 6. The summed E-state index contributed by atoms with van der Waals surface area (Å²) in [6.07, 6.45) is 0.890. The Hall–Kier alpha value is -1.11. The van der Waals surface area contributed by atoms with Crippen molar-refractivity contribution in [2.75, 3.05) is 27.3 Å². The van der Waals surface area contributed by atoms with Crippen LogP contribution >= 0.6 is 12.3 Å². The molecular formula is C15H25NO4S. The summed E-state index contributed by atoms with van der Waals surface area (Å²) in [5.74, 6) is 1.50. The first-order chi connectivity index (χ1) is 10.1. The maximum absolute atomic E-state index is 8.89. The summed E-state index contributed by atoms with van der Waals surface area (Å²) >= 11 is 0.277. The van der Waals surface area contributed by atoms with Gasteiger partial charge in [0.1, 0.15) is 0 Å². The minimum absolute atomic E-state index is 0.277. The smallest absolute Gasteiger partial charge is 0.223 e. The topological polar surface area (TPSA) is 51.2 Å². The highest BCUT2D eigenvalue weighted by Gasteiger charge is 2.17. The van der Waals surface area contributed by atoms with Gasteiger partial charge in [-0.05, 0) is 44.1 Å². The van der Waals surface area contributed by atoms with E-state index >= 15 is 0 Å². The number of benzene rings is 1. The maximum atomic E-state index is 8.89. The molecule has 120 valence electrons. The van der Waals surface area contributed by atoms with E-state index in [2.05, 4.69) is 25.7 Å². The van der Waals surface area contributed by atoms with Crippen LogP contribution in [-0.4, -0.2) is 42.8 Å². The van der Waals surface area contributed by atoms with Gasteiger partial charge in [0.2, 0.25) is 18.1 Å². The summed E-state index contributed by atoms with van der Waals surface area (Å²) in [7, 11) is 3.14. The maximum Gasteiger partial charge on any atom is 0.223 e. The second-order valence-corrected chi connectivity index (χ2v) is 5.08. The van der Waals surface area contributed by atoms with E-state index < -0.39 is 0 Å². The summed E-state index contributed by atoms with van der Waals surface area (Å²) in [6.45, 7) is 8.58. The molecule has 1 rings (SSSR count). The number of ether oxygens (including phenoxy) is 2. The van der Waals surface area contributed by atoms with E-state index in [4.69, 9.17) is 18.2 Å². The SMILES string of the molecule is CCN(CC)C(C)Cc1cc(OC)c(OSO)c(OC)c1. The Morgan fingerprint density at radius 1 is 1.14 bits per heavy atom. The van der Waals surface area contributed by atoms with Crippen molar-refractivity contribution in [3.8, 4) is 17.2 Å². The van der Waals surface area contributed by atoms with Crippen molar-refractivity contribution in [1.82, 2.24) is 4.90 Å². The minimum Gasteiger partial charge on any atom is -0.493 e. The molecule has 1 atom stereocenters. The van der Waals surface area contributed by atoms with Crippen LogP contribution in [0, 0.1) is 0 Å². The monoisotopic (exact) mass is 315 g/mol. The van der Waals surface area contributed by atoms with Gasteiger partial charge in [-0.1, -0.05) is 13.8 Å². The van der Waals surface area contributed by atoms with Crippen LogP contribution in [0.3, 0.4) is 0 Å². The van der Waals surface area contributed by atoms with E-state index in [9.17, 15) is 0 Å². The van der Waals surface area contributed by atoms with Gasteiger partial charge >= 0.3 is 0 Å². The highest BCUT2D eigenvalue weighted by molar-refractivity contribution is 7.89. The van der Waals surface area contributed by atoms with Crippen molar-refractivity contribution < 1.29 is 18.2 Å². The van der Waals surface area contributed by atoms with Gasteiger partial charge < -0.3 is 18.6 Å². The largest absolute Gasteiger partial charge is 0.493 e. The molecule has 5 nitrogen and oxygen atoms in total. The van der Waals surface area contributed by atoms with E-state index in [1.165, 1.54) is 0 Å². The molecule has 0 bridgehead atoms. The normalized spacial score (nSPS) is 12.3. The van der Waals surface area contributed by atoms with Crippen LogP contribution in [-0.2, 0) is 6.42 Å². The van der Waals surface area contributed by atoms with E-state index in [-0.39, 0.29) is 12.3 Å². The third kappa shape index (κ3) is 4.69. The van der Waals surface area contributed by atoms with Gasteiger partial charge in [-0.3, -0.25) is 4.55 Å². The van der Waals surface area contributed by atoms with Gasteiger partial charge in [-0.15, -0.1) is 0 Å². The number of rotatable bonds is 9. The molecule has 0 aromatic heterocycles. The fourth-order valence-corrected chi connectivity index (χ4v) is 2.73. The van der Waals surface area contributed by atoms with Gasteiger partial charge in [0, 0.05) is 6.04 Å². The second-order valence-electron chi connectivity index (χ2n) is 4.76. The molecule has 1 unspecified atom stereocenters. The third-order valence-electron chi connectivity index (χ3n) is 3.61. The molecule has 0 aliphatic rings. The highest BCUT2D eigenvalue weighted by atomic mass is 32.2. The lowest BCUT2D eigenvalue weighted by atomic mass is 10.0. The van der Waals surface area contributed by atoms with E-state index in [1.807, 2.05) is 12.1 Å². The molecule has 0 saturated carbocycles. The summed E-state index contributed by atoms with van der Waals surface area (Å²) in [6, 6.07) is 4.27. The van der Waals surface area contributed by atoms with E-state index in [0.29, 0.717) is 23.3 Å². The fraction of sp³-hybridized carbons (Fsp3) is 0.600. The average molecular weight is 315 g/mol. The van der Waals surface area contributed by atoms with Gasteiger partial charge in [-0.2, -0.15) is 0 Å². The van der Waals surface area contributed by atoms with Crippen LogP contribution in [0.5, 0.6) is 17.2 Å². The molecule has 0 fully saturated rings. The molecule has 6 heteroatoms. The molecule has 1 N–H and O–H groups in total. The van der Waals surface area contributed by atoms with Gasteiger partial charge in [0.15, 0.2) is 11.5 Å². The number of methoxy groups -OCH3 is 2. The zero-order chi connectivity index (χ0) is 15.8. The van der Waals surface area contributed by atoms with Crippen LogP contribution in [0.4, 0.5) is 0 Å². The quantitative estimate of drug-likeness (QED) is 0.704. The van der Waals surface area contributed by atoms with Crippen molar-refractivity contribution in [3.05, 3.63) is 17.7 Å². The van der Waals surface area contributed by atoms with Gasteiger partial charge in [-0.25, -0.2) is 0 Å². The first kappa shape index (κ1) is 17.9. The standard InChI is InChI=1S/C15H25NO4S/c1-6-16(7-2)11(3)8-12-9-13(18-4)15(20-21-17)14(10-12)19-5/h9-11,17H,6-8H2,1-5H3. The van der Waals surface area contributed by atoms with Crippen LogP contribution in [0.2, 0.25) is 0 Å². The molecule has 0 radical (unpaired) electrons. The van der Waals surface area contributed by atoms with Crippen molar-refractivity contribution in [2.45, 2.75) is 33.2 Å². The predicted octanol–water partition coefficient (Wildman–Crippen LogP) is 3.48. The summed E-state index contributed by atoms with van der Waals surface area (Å²) in [4.78, 5) is 2.40. The first-order valence-electron chi connectivity index (χ1n) is 7.08. The number of nitrogens with zero attached hydrogens (tertiary/aromatic N) is 1. The van der Waals surface area contributed by atoms with Crippen molar-refractivity contribution in [2.24, 2.45) is 0 Å². The number of likely N-dealkylation sites (N-methyl/N-ethyl adjacent to an activating group) is 1. The van der Waals surface area contributed by atoms with Gasteiger partial charge in [0.25, 0.3) is 0 Å². The molecular weight excluding hydrogens is 290 g/mol. The molecule has 0 aliphatic carbocycles. The summed E-state index contributed by atoms with van der Waals surface area (Å²) in [5.41, 5.74) is 1.11. The lowest BCUT2D eigenvalue weighted by Crippen LogP contribution is -2.34. The van der Waals surface area contributed by atoms with E-state index in [1.54, 1.807) is 14.2 Å². The van der Waals surface area contributed by atoms with Crippen LogP contribution < -0.4 is 13.7 Å². The molecule has 0 spiro atoms. The zero-order valence-corrected chi connectivity index (χ0v) is 14.2. The van der Waals surface area contributed by atoms with Crippen molar-refractivity contribution in [3.63, 3.8) is 0 Å². The molecule has 1 aromatic rings. The average Bonchev–Trinajstić information content (AvgIpc) is 2.49. The minimum atomic E-state index is 0.277. The Bertz CT molecular complexity index is 413. The van der Waals surface area contributed by atoms with Crippen LogP contribution in [0.15, 0.2) is 12.1 Å². The Labute approximate surface area is 131 Å². The molecule has 0 aliphatic heterocycles. The van der Waals surface area contributed by atoms with E-state index in [0.717, 1.165) is 25.1 Å². The first-order valence-corrected chi connectivity index (χ1v) is 7.78. The molecule has 0 heterocycles. The Balaban J connectivity index is 3.03. The third-order valence-corrected chi connectivity index (χ3v) is 3.85. The molecule has 0 amide bonds. The Morgan fingerprint density at radius 2 is 1.67 bits per heavy atom. The fourth-order valence-electron chi connectivity index (χ4n) is 2.49. The summed E-state index contributed by atoms with van der Waals surface area (Å²) in [5, 5.41) is 0. The highest BCUT2D eigenvalue weighted by Crippen LogP contribution is 2.40. The number of hydrogen-bond donors (Lipinski definition) is 1.